The van der Waals surface area contributed by atoms with Gasteiger partial charge in [0, 0.05) is 6.42 Å². The molecular weight excluding hydrogens is 202 g/mol. The summed E-state index contributed by atoms with van der Waals surface area (Å²) in [6.45, 7) is 11.0. The van der Waals surface area contributed by atoms with Gasteiger partial charge < -0.3 is 9.64 Å². The van der Waals surface area contributed by atoms with Gasteiger partial charge in [0.15, 0.2) is 0 Å². The second-order valence-electron chi connectivity index (χ2n) is 4.42. The highest BCUT2D eigenvalue weighted by Gasteiger charge is 1.97. The number of carbonyl (C=O) groups is 1. The molecule has 0 bridgehead atoms. The molecule has 0 rings (SSSR count). The topological polar surface area (TPSA) is 29.5 Å². The summed E-state index contributed by atoms with van der Waals surface area (Å²) in [6, 6.07) is 0. The van der Waals surface area contributed by atoms with Crippen LogP contribution in [-0.2, 0) is 9.53 Å². The summed E-state index contributed by atoms with van der Waals surface area (Å²) in [6.07, 6.45) is 3.07. The molecule has 0 N–H and O–H groups in total. The van der Waals surface area contributed by atoms with Crippen LogP contribution in [0, 0.1) is 5.92 Å². The molecule has 0 aromatic heterocycles. The molecule has 0 aliphatic carbocycles. The number of rotatable bonds is 6. The Labute approximate surface area is 101 Å². The molecule has 0 unspecified atom stereocenters. The van der Waals surface area contributed by atoms with Gasteiger partial charge in [-0.25, -0.2) is 0 Å². The van der Waals surface area contributed by atoms with E-state index < -0.39 is 0 Å². The number of ether oxygens (including phenoxy) is 1. The third-order valence-electron chi connectivity index (χ3n) is 2.21. The number of hydrogen-bond donors (Lipinski definition) is 0. The zero-order valence-electron chi connectivity index (χ0n) is 11.9. The van der Waals surface area contributed by atoms with Gasteiger partial charge in [-0.3, -0.25) is 4.79 Å². The first-order valence-electron chi connectivity index (χ1n) is 6.23. The SMILES string of the molecule is CCC(=O)OC.CCCN(C)CCC(C)C. The normalized spacial score (nSPS) is 10.0. The van der Waals surface area contributed by atoms with Crippen molar-refractivity contribution in [2.45, 2.75) is 47.0 Å². The Hall–Kier alpha value is -0.570. The van der Waals surface area contributed by atoms with E-state index in [0.717, 1.165) is 5.92 Å². The highest BCUT2D eigenvalue weighted by molar-refractivity contribution is 5.68. The van der Waals surface area contributed by atoms with Gasteiger partial charge in [0.05, 0.1) is 7.11 Å². The smallest absolute Gasteiger partial charge is 0.305 e. The molecule has 3 heteroatoms. The van der Waals surface area contributed by atoms with E-state index in [1.54, 1.807) is 6.92 Å². The predicted molar refractivity (Wildman–Crippen MR) is 69.6 cm³/mol. The molecule has 0 aliphatic heterocycles. The van der Waals surface area contributed by atoms with E-state index in [4.69, 9.17) is 0 Å². The summed E-state index contributed by atoms with van der Waals surface area (Å²) >= 11 is 0. The van der Waals surface area contributed by atoms with Gasteiger partial charge in [-0.15, -0.1) is 0 Å². The number of nitrogens with zero attached hydrogens (tertiary/aromatic N) is 1. The van der Waals surface area contributed by atoms with Crippen molar-refractivity contribution in [1.82, 2.24) is 4.90 Å². The first kappa shape index (κ1) is 17.8. The summed E-state index contributed by atoms with van der Waals surface area (Å²) in [5.41, 5.74) is 0. The summed E-state index contributed by atoms with van der Waals surface area (Å²) in [5.74, 6) is 0.689. The summed E-state index contributed by atoms with van der Waals surface area (Å²) in [5, 5.41) is 0. The molecule has 0 saturated heterocycles. The van der Waals surface area contributed by atoms with E-state index in [0.29, 0.717) is 6.42 Å². The van der Waals surface area contributed by atoms with Crippen LogP contribution in [0.4, 0.5) is 0 Å². The Morgan fingerprint density at radius 2 is 1.81 bits per heavy atom. The molecule has 0 aromatic rings. The molecule has 0 atom stereocenters. The fourth-order valence-corrected chi connectivity index (χ4v) is 1.12. The number of carbonyl (C=O) groups excluding carboxylic acids is 1. The Morgan fingerprint density at radius 3 is 2.06 bits per heavy atom. The van der Waals surface area contributed by atoms with Gasteiger partial charge in [0.2, 0.25) is 0 Å². The third-order valence-corrected chi connectivity index (χ3v) is 2.21. The van der Waals surface area contributed by atoms with E-state index in [9.17, 15) is 4.79 Å². The van der Waals surface area contributed by atoms with Gasteiger partial charge in [-0.1, -0.05) is 27.7 Å². The van der Waals surface area contributed by atoms with Crippen LogP contribution in [0.3, 0.4) is 0 Å². The Balaban J connectivity index is 0. The van der Waals surface area contributed by atoms with Crippen molar-refractivity contribution >= 4 is 5.97 Å². The summed E-state index contributed by atoms with van der Waals surface area (Å²) in [4.78, 5) is 12.4. The number of hydrogen-bond acceptors (Lipinski definition) is 3. The van der Waals surface area contributed by atoms with Gasteiger partial charge in [-0.05, 0) is 38.9 Å². The van der Waals surface area contributed by atoms with Crippen LogP contribution in [0.5, 0.6) is 0 Å². The van der Waals surface area contributed by atoms with Crippen LogP contribution >= 0.6 is 0 Å². The van der Waals surface area contributed by atoms with Crippen LogP contribution in [0.15, 0.2) is 0 Å². The van der Waals surface area contributed by atoms with Crippen LogP contribution < -0.4 is 0 Å². The summed E-state index contributed by atoms with van der Waals surface area (Å²) < 4.78 is 4.26. The molecular formula is C13H29NO2. The molecule has 0 spiro atoms. The van der Waals surface area contributed by atoms with Crippen LogP contribution in [-0.4, -0.2) is 38.1 Å². The van der Waals surface area contributed by atoms with E-state index in [-0.39, 0.29) is 5.97 Å². The minimum absolute atomic E-state index is 0.157. The maximum Gasteiger partial charge on any atom is 0.305 e. The lowest BCUT2D eigenvalue weighted by Crippen LogP contribution is -2.21. The lowest BCUT2D eigenvalue weighted by molar-refractivity contribution is -0.140. The van der Waals surface area contributed by atoms with Crippen molar-refractivity contribution in [2.75, 3.05) is 27.2 Å². The highest BCUT2D eigenvalue weighted by Crippen LogP contribution is 2.00. The van der Waals surface area contributed by atoms with Crippen molar-refractivity contribution < 1.29 is 9.53 Å². The Bertz CT molecular complexity index is 152. The maximum absolute atomic E-state index is 9.96. The third kappa shape index (κ3) is 15.9. The summed E-state index contributed by atoms with van der Waals surface area (Å²) in [7, 11) is 3.58. The molecule has 3 nitrogen and oxygen atoms in total. The second-order valence-corrected chi connectivity index (χ2v) is 4.42. The zero-order chi connectivity index (χ0) is 13.0. The lowest BCUT2D eigenvalue weighted by Gasteiger charge is -2.16. The Kier molecular flexibility index (Phi) is 13.9. The largest absolute Gasteiger partial charge is 0.469 e. The van der Waals surface area contributed by atoms with E-state index in [2.05, 4.69) is 37.5 Å². The minimum Gasteiger partial charge on any atom is -0.469 e. The molecule has 0 heterocycles. The fourth-order valence-electron chi connectivity index (χ4n) is 1.12. The predicted octanol–water partition coefficient (Wildman–Crippen LogP) is 2.94. The molecule has 0 aliphatic rings. The lowest BCUT2D eigenvalue weighted by atomic mass is 10.1. The van der Waals surface area contributed by atoms with E-state index in [1.165, 1.54) is 33.0 Å². The van der Waals surface area contributed by atoms with Gasteiger partial charge in [0.25, 0.3) is 0 Å². The number of esters is 1. The first-order valence-corrected chi connectivity index (χ1v) is 6.23. The number of methoxy groups -OCH3 is 1. The fraction of sp³-hybridized carbons (Fsp3) is 0.923. The second kappa shape index (κ2) is 12.5. The van der Waals surface area contributed by atoms with Crippen LogP contribution in [0.2, 0.25) is 0 Å². The van der Waals surface area contributed by atoms with Gasteiger partial charge in [-0.2, -0.15) is 0 Å². The van der Waals surface area contributed by atoms with Crippen molar-refractivity contribution in [1.29, 1.82) is 0 Å². The standard InChI is InChI=1S/C9H21N.C4H8O2/c1-5-7-10(4)8-6-9(2)3;1-3-4(5)6-2/h9H,5-8H2,1-4H3;3H2,1-2H3. The van der Waals surface area contributed by atoms with Crippen molar-refractivity contribution in [3.05, 3.63) is 0 Å². The molecule has 0 radical (unpaired) electrons. The molecule has 0 amide bonds. The first-order chi connectivity index (χ1) is 7.47. The minimum atomic E-state index is -0.157. The molecule has 98 valence electrons. The van der Waals surface area contributed by atoms with E-state index >= 15 is 0 Å². The average molecular weight is 231 g/mol. The van der Waals surface area contributed by atoms with Crippen molar-refractivity contribution in [3.63, 3.8) is 0 Å². The Morgan fingerprint density at radius 1 is 1.25 bits per heavy atom. The van der Waals surface area contributed by atoms with Crippen LogP contribution in [0.25, 0.3) is 0 Å². The van der Waals surface area contributed by atoms with Crippen molar-refractivity contribution in [2.24, 2.45) is 5.92 Å². The maximum atomic E-state index is 9.96. The molecule has 0 aromatic carbocycles. The van der Waals surface area contributed by atoms with E-state index in [1.807, 2.05) is 0 Å². The van der Waals surface area contributed by atoms with Crippen molar-refractivity contribution in [3.8, 4) is 0 Å². The zero-order valence-corrected chi connectivity index (χ0v) is 11.9. The van der Waals surface area contributed by atoms with Crippen LogP contribution in [0.1, 0.15) is 47.0 Å². The highest BCUT2D eigenvalue weighted by atomic mass is 16.5. The monoisotopic (exact) mass is 231 g/mol. The molecule has 16 heavy (non-hydrogen) atoms. The average Bonchev–Trinajstić information content (AvgIpc) is 2.26. The molecule has 0 fully saturated rings. The molecule has 0 saturated carbocycles. The van der Waals surface area contributed by atoms with Gasteiger partial charge in [0.1, 0.15) is 0 Å². The quantitative estimate of drug-likeness (QED) is 0.658. The van der Waals surface area contributed by atoms with Gasteiger partial charge >= 0.3 is 5.97 Å².